The molecule has 0 rings (SSSR count). The molecule has 19 heavy (non-hydrogen) atoms. The van der Waals surface area contributed by atoms with Crippen LogP contribution in [-0.2, 0) is 18.1 Å². The second-order valence-electron chi connectivity index (χ2n) is 4.06. The zero-order valence-electron chi connectivity index (χ0n) is 12.7. The predicted molar refractivity (Wildman–Crippen MR) is 82.4 cm³/mol. The van der Waals surface area contributed by atoms with Gasteiger partial charge in [-0.15, -0.1) is 0 Å². The highest BCUT2D eigenvalue weighted by Crippen LogP contribution is 2.20. The highest BCUT2D eigenvalue weighted by molar-refractivity contribution is 8.13. The quantitative estimate of drug-likeness (QED) is 0.516. The molecule has 0 unspecified atom stereocenters. The van der Waals surface area contributed by atoms with Crippen LogP contribution in [0.2, 0.25) is 6.04 Å². The number of hydrogen-bond donors (Lipinski definition) is 0. The number of carbonyl (C=O) groups is 1. The highest BCUT2D eigenvalue weighted by Gasteiger charge is 2.39. The summed E-state index contributed by atoms with van der Waals surface area (Å²) in [4.78, 5) is 11.6. The normalized spacial score (nSPS) is 11.8. The highest BCUT2D eigenvalue weighted by atomic mass is 32.2. The summed E-state index contributed by atoms with van der Waals surface area (Å²) in [5.41, 5.74) is 0. The van der Waals surface area contributed by atoms with Crippen LogP contribution in [0.15, 0.2) is 0 Å². The Balaban J connectivity index is 4.19. The monoisotopic (exact) mass is 308 g/mol. The van der Waals surface area contributed by atoms with Crippen molar-refractivity contribution in [2.75, 3.05) is 25.6 Å². The standard InChI is InChI=1S/C13H28O4SSi/c1-5-9-10-13(14)18-11-12-19(15-6-2,16-7-3)17-8-4/h5-12H2,1-4H3. The van der Waals surface area contributed by atoms with E-state index in [0.29, 0.717) is 32.3 Å². The molecule has 0 aliphatic heterocycles. The molecule has 0 aliphatic carbocycles. The van der Waals surface area contributed by atoms with Crippen molar-refractivity contribution in [1.82, 2.24) is 0 Å². The molecule has 0 heterocycles. The molecule has 0 fully saturated rings. The van der Waals surface area contributed by atoms with Gasteiger partial charge in [0.25, 0.3) is 0 Å². The van der Waals surface area contributed by atoms with Crippen molar-refractivity contribution < 1.29 is 18.1 Å². The number of rotatable bonds is 12. The first-order valence-electron chi connectivity index (χ1n) is 7.21. The lowest BCUT2D eigenvalue weighted by atomic mass is 10.3. The Hall–Kier alpha value is 0.117. The summed E-state index contributed by atoms with van der Waals surface area (Å²) in [6, 6.07) is 0.699. The molecule has 0 saturated carbocycles. The molecule has 6 heteroatoms. The van der Waals surface area contributed by atoms with Crippen molar-refractivity contribution in [2.45, 2.75) is 53.0 Å². The molecule has 0 bridgehead atoms. The Labute approximate surface area is 122 Å². The number of thioether (sulfide) groups is 1. The molecule has 0 aromatic heterocycles. The van der Waals surface area contributed by atoms with E-state index in [1.54, 1.807) is 0 Å². The Bertz CT molecular complexity index is 222. The maximum Gasteiger partial charge on any atom is 0.501 e. The molecule has 0 aliphatic rings. The lowest BCUT2D eigenvalue weighted by molar-refractivity contribution is -0.111. The molecular formula is C13H28O4SSi. The molecule has 0 saturated heterocycles. The van der Waals surface area contributed by atoms with Gasteiger partial charge in [0.1, 0.15) is 0 Å². The van der Waals surface area contributed by atoms with Gasteiger partial charge >= 0.3 is 8.80 Å². The van der Waals surface area contributed by atoms with Crippen LogP contribution in [0.4, 0.5) is 0 Å². The van der Waals surface area contributed by atoms with Crippen molar-refractivity contribution in [3.05, 3.63) is 0 Å². The van der Waals surface area contributed by atoms with Gasteiger partial charge in [-0.1, -0.05) is 25.1 Å². The summed E-state index contributed by atoms with van der Waals surface area (Å²) in [6.45, 7) is 9.68. The van der Waals surface area contributed by atoms with Gasteiger partial charge in [0.2, 0.25) is 0 Å². The summed E-state index contributed by atoms with van der Waals surface area (Å²) in [5, 5.41) is 0.259. The SMILES string of the molecule is CCCCC(=O)SCC[Si](OCC)(OCC)OCC. The predicted octanol–water partition coefficient (Wildman–Crippen LogP) is 3.48. The largest absolute Gasteiger partial charge is 0.501 e. The first-order valence-corrected chi connectivity index (χ1v) is 10.1. The van der Waals surface area contributed by atoms with E-state index in [4.69, 9.17) is 13.3 Å². The van der Waals surface area contributed by atoms with Gasteiger partial charge in [0, 0.05) is 38.0 Å². The first kappa shape index (κ1) is 19.1. The molecule has 0 aromatic carbocycles. The number of unbranched alkanes of at least 4 members (excludes halogenated alkanes) is 1. The molecule has 0 atom stereocenters. The van der Waals surface area contributed by atoms with E-state index < -0.39 is 8.80 Å². The smallest absolute Gasteiger partial charge is 0.374 e. The molecule has 0 aromatic rings. The van der Waals surface area contributed by atoms with Crippen molar-refractivity contribution in [3.63, 3.8) is 0 Å². The zero-order valence-corrected chi connectivity index (χ0v) is 14.5. The molecule has 0 radical (unpaired) electrons. The van der Waals surface area contributed by atoms with Gasteiger partial charge < -0.3 is 13.3 Å². The van der Waals surface area contributed by atoms with Crippen LogP contribution in [0.25, 0.3) is 0 Å². The molecular weight excluding hydrogens is 280 g/mol. The maximum absolute atomic E-state index is 11.6. The van der Waals surface area contributed by atoms with E-state index in [9.17, 15) is 4.79 Å². The van der Waals surface area contributed by atoms with Gasteiger partial charge in [0.15, 0.2) is 5.12 Å². The Kier molecular flexibility index (Phi) is 12.0. The van der Waals surface area contributed by atoms with Crippen LogP contribution >= 0.6 is 11.8 Å². The number of hydrogen-bond acceptors (Lipinski definition) is 5. The Morgan fingerprint density at radius 3 is 1.95 bits per heavy atom. The average molecular weight is 309 g/mol. The second kappa shape index (κ2) is 11.9. The van der Waals surface area contributed by atoms with Crippen molar-refractivity contribution in [3.8, 4) is 0 Å². The van der Waals surface area contributed by atoms with Gasteiger partial charge in [-0.25, -0.2) is 0 Å². The van der Waals surface area contributed by atoms with E-state index in [0.717, 1.165) is 18.6 Å². The van der Waals surface area contributed by atoms with E-state index in [1.807, 2.05) is 20.8 Å². The summed E-state index contributed by atoms with van der Waals surface area (Å²) in [7, 11) is -2.57. The summed E-state index contributed by atoms with van der Waals surface area (Å²) < 4.78 is 17.2. The van der Waals surface area contributed by atoms with E-state index >= 15 is 0 Å². The Morgan fingerprint density at radius 2 is 1.53 bits per heavy atom. The lowest BCUT2D eigenvalue weighted by Crippen LogP contribution is -2.46. The summed E-state index contributed by atoms with van der Waals surface area (Å²) in [5.74, 6) is 0.717. The van der Waals surface area contributed by atoms with E-state index in [-0.39, 0.29) is 5.12 Å². The van der Waals surface area contributed by atoms with Gasteiger partial charge in [-0.05, 0) is 27.2 Å². The number of carbonyl (C=O) groups excluding carboxylic acids is 1. The van der Waals surface area contributed by atoms with Crippen molar-refractivity contribution >= 4 is 25.7 Å². The fourth-order valence-electron chi connectivity index (χ4n) is 1.68. The van der Waals surface area contributed by atoms with Crippen LogP contribution in [-0.4, -0.2) is 39.5 Å². The maximum atomic E-state index is 11.6. The molecule has 114 valence electrons. The third kappa shape index (κ3) is 8.81. The van der Waals surface area contributed by atoms with E-state index in [2.05, 4.69) is 6.92 Å². The minimum Gasteiger partial charge on any atom is -0.374 e. The summed E-state index contributed by atoms with van der Waals surface area (Å²) in [6.07, 6.45) is 2.69. The average Bonchev–Trinajstić information content (AvgIpc) is 2.37. The van der Waals surface area contributed by atoms with Crippen LogP contribution < -0.4 is 0 Å². The third-order valence-electron chi connectivity index (χ3n) is 2.50. The van der Waals surface area contributed by atoms with Gasteiger partial charge in [0.05, 0.1) is 0 Å². The topological polar surface area (TPSA) is 44.8 Å². The Morgan fingerprint density at radius 1 is 1.00 bits per heavy atom. The molecule has 0 spiro atoms. The minimum atomic E-state index is -2.57. The van der Waals surface area contributed by atoms with Crippen LogP contribution in [0, 0.1) is 0 Å². The molecule has 4 nitrogen and oxygen atoms in total. The van der Waals surface area contributed by atoms with Crippen LogP contribution in [0.1, 0.15) is 47.0 Å². The third-order valence-corrected chi connectivity index (χ3v) is 6.84. The van der Waals surface area contributed by atoms with E-state index in [1.165, 1.54) is 11.8 Å². The fourth-order valence-corrected chi connectivity index (χ4v) is 5.61. The van der Waals surface area contributed by atoms with Crippen LogP contribution in [0.5, 0.6) is 0 Å². The van der Waals surface area contributed by atoms with Crippen molar-refractivity contribution in [2.24, 2.45) is 0 Å². The zero-order chi connectivity index (χ0) is 14.6. The minimum absolute atomic E-state index is 0.259. The van der Waals surface area contributed by atoms with Crippen LogP contribution in [0.3, 0.4) is 0 Å². The molecule has 0 N–H and O–H groups in total. The lowest BCUT2D eigenvalue weighted by Gasteiger charge is -2.28. The van der Waals surface area contributed by atoms with Gasteiger partial charge in [-0.2, -0.15) is 0 Å². The molecule has 0 amide bonds. The fraction of sp³-hybridized carbons (Fsp3) is 0.923. The summed E-state index contributed by atoms with van der Waals surface area (Å²) >= 11 is 1.38. The van der Waals surface area contributed by atoms with Gasteiger partial charge in [-0.3, -0.25) is 4.79 Å². The second-order valence-corrected chi connectivity index (χ2v) is 7.94. The first-order chi connectivity index (χ1) is 9.14. The van der Waals surface area contributed by atoms with Crippen molar-refractivity contribution in [1.29, 1.82) is 0 Å².